The molecule has 0 unspecified atom stereocenters. The third-order valence-corrected chi connectivity index (χ3v) is 5.32. The van der Waals surface area contributed by atoms with Crippen LogP contribution < -0.4 is 5.32 Å². The first-order chi connectivity index (χ1) is 13.6. The predicted molar refractivity (Wildman–Crippen MR) is 112 cm³/mol. The molecule has 4 aromatic rings. The number of anilines is 1. The molecule has 1 N–H and O–H groups in total. The Kier molecular flexibility index (Phi) is 5.36. The van der Waals surface area contributed by atoms with Gasteiger partial charge in [-0.1, -0.05) is 47.6 Å². The maximum Gasteiger partial charge on any atom is 0.234 e. The Bertz CT molecular complexity index is 1110. The van der Waals surface area contributed by atoms with Crippen molar-refractivity contribution in [2.75, 3.05) is 11.1 Å². The van der Waals surface area contributed by atoms with E-state index in [9.17, 15) is 4.79 Å². The Labute approximate surface area is 170 Å². The van der Waals surface area contributed by atoms with Crippen LogP contribution in [0.25, 0.3) is 22.6 Å². The Morgan fingerprint density at radius 1 is 1.18 bits per heavy atom. The Morgan fingerprint density at radius 3 is 2.82 bits per heavy atom. The van der Waals surface area contributed by atoms with Gasteiger partial charge in [0.2, 0.25) is 11.7 Å². The van der Waals surface area contributed by atoms with Gasteiger partial charge in [-0.15, -0.1) is 10.2 Å². The van der Waals surface area contributed by atoms with Crippen LogP contribution in [0, 0.1) is 0 Å². The van der Waals surface area contributed by atoms with E-state index in [4.69, 9.17) is 16.0 Å². The highest BCUT2D eigenvalue weighted by molar-refractivity contribution is 7.99. The lowest BCUT2D eigenvalue weighted by Gasteiger charge is -2.07. The number of nitrogens with zero attached hydrogens (tertiary/aromatic N) is 3. The number of hydrogen-bond acceptors (Lipinski definition) is 5. The number of fused-ring (bicyclic) bond motifs is 1. The minimum atomic E-state index is -0.136. The van der Waals surface area contributed by atoms with Gasteiger partial charge in [-0.25, -0.2) is 0 Å². The molecule has 0 fully saturated rings. The molecule has 4 rings (SSSR count). The topological polar surface area (TPSA) is 73.0 Å². The van der Waals surface area contributed by atoms with Crippen molar-refractivity contribution in [2.45, 2.75) is 18.6 Å². The van der Waals surface area contributed by atoms with Gasteiger partial charge in [0.1, 0.15) is 5.58 Å². The van der Waals surface area contributed by atoms with Gasteiger partial charge in [-0.2, -0.15) is 0 Å². The number of nitrogens with one attached hydrogen (secondary N) is 1. The molecule has 2 heterocycles. The average Bonchev–Trinajstić information content (AvgIpc) is 3.29. The molecule has 0 saturated carbocycles. The molecule has 0 atom stereocenters. The molecule has 142 valence electrons. The standard InChI is InChI=1S/C20H17ClN4O2S/c1-2-25-19(17-10-13-6-3-4-9-16(13)27-17)23-24-20(25)28-12-18(26)22-15-8-5-7-14(21)11-15/h3-11H,2,12H2,1H3,(H,22,26). The van der Waals surface area contributed by atoms with Crippen molar-refractivity contribution in [1.82, 2.24) is 14.8 Å². The zero-order valence-corrected chi connectivity index (χ0v) is 16.6. The van der Waals surface area contributed by atoms with Gasteiger partial charge in [-0.05, 0) is 37.3 Å². The number of benzene rings is 2. The highest BCUT2D eigenvalue weighted by atomic mass is 35.5. The van der Waals surface area contributed by atoms with Crippen LogP contribution in [0.15, 0.2) is 64.2 Å². The van der Waals surface area contributed by atoms with Crippen LogP contribution in [-0.2, 0) is 11.3 Å². The highest BCUT2D eigenvalue weighted by Gasteiger charge is 2.17. The Morgan fingerprint density at radius 2 is 2.04 bits per heavy atom. The number of furan rings is 1. The van der Waals surface area contributed by atoms with Crippen molar-refractivity contribution in [3.63, 3.8) is 0 Å². The van der Waals surface area contributed by atoms with Crippen molar-refractivity contribution >= 4 is 45.9 Å². The molecule has 0 bridgehead atoms. The number of amides is 1. The van der Waals surface area contributed by atoms with Crippen LogP contribution in [0.2, 0.25) is 5.02 Å². The van der Waals surface area contributed by atoms with Crippen molar-refractivity contribution < 1.29 is 9.21 Å². The fourth-order valence-electron chi connectivity index (χ4n) is 2.85. The van der Waals surface area contributed by atoms with Crippen LogP contribution in [0.4, 0.5) is 5.69 Å². The van der Waals surface area contributed by atoms with E-state index in [0.717, 1.165) is 11.0 Å². The van der Waals surface area contributed by atoms with Gasteiger partial charge < -0.3 is 9.73 Å². The maximum atomic E-state index is 12.2. The van der Waals surface area contributed by atoms with Gasteiger partial charge >= 0.3 is 0 Å². The molecular formula is C20H17ClN4O2S. The molecule has 8 heteroatoms. The highest BCUT2D eigenvalue weighted by Crippen LogP contribution is 2.29. The fourth-order valence-corrected chi connectivity index (χ4v) is 3.84. The van der Waals surface area contributed by atoms with E-state index in [1.54, 1.807) is 24.3 Å². The normalized spacial score (nSPS) is 11.1. The van der Waals surface area contributed by atoms with Gasteiger partial charge in [0.05, 0.1) is 5.75 Å². The largest absolute Gasteiger partial charge is 0.453 e. The molecule has 1 amide bonds. The minimum absolute atomic E-state index is 0.136. The lowest BCUT2D eigenvalue weighted by atomic mass is 10.2. The van der Waals surface area contributed by atoms with Crippen LogP contribution in [0.1, 0.15) is 6.92 Å². The second-order valence-corrected chi connectivity index (χ2v) is 7.43. The number of rotatable bonds is 6. The number of carbonyl (C=O) groups excluding carboxylic acids is 1. The van der Waals surface area contributed by atoms with Gasteiger partial charge in [0.25, 0.3) is 0 Å². The van der Waals surface area contributed by atoms with Crippen LogP contribution in [-0.4, -0.2) is 26.4 Å². The third kappa shape index (κ3) is 3.90. The molecule has 0 aliphatic heterocycles. The van der Waals surface area contributed by atoms with E-state index in [0.29, 0.717) is 34.0 Å². The zero-order chi connectivity index (χ0) is 19.5. The molecule has 0 aliphatic rings. The smallest absolute Gasteiger partial charge is 0.234 e. The maximum absolute atomic E-state index is 12.2. The second kappa shape index (κ2) is 8.08. The first-order valence-electron chi connectivity index (χ1n) is 8.74. The molecule has 28 heavy (non-hydrogen) atoms. The molecule has 2 aromatic carbocycles. The van der Waals surface area contributed by atoms with Gasteiger partial charge in [-0.3, -0.25) is 9.36 Å². The summed E-state index contributed by atoms with van der Waals surface area (Å²) >= 11 is 7.27. The SMILES string of the molecule is CCn1c(SCC(=O)Nc2cccc(Cl)c2)nnc1-c1cc2ccccc2o1. The quantitative estimate of drug-likeness (QED) is 0.446. The summed E-state index contributed by atoms with van der Waals surface area (Å²) in [6.45, 7) is 2.67. The molecule has 6 nitrogen and oxygen atoms in total. The predicted octanol–water partition coefficient (Wildman–Crippen LogP) is 5.10. The monoisotopic (exact) mass is 412 g/mol. The van der Waals surface area contributed by atoms with Crippen LogP contribution in [0.3, 0.4) is 0 Å². The van der Waals surface area contributed by atoms with E-state index in [1.807, 2.05) is 41.8 Å². The second-order valence-electron chi connectivity index (χ2n) is 6.05. The van der Waals surface area contributed by atoms with Crippen molar-refractivity contribution in [3.05, 3.63) is 59.6 Å². The van der Waals surface area contributed by atoms with E-state index in [1.165, 1.54) is 11.8 Å². The summed E-state index contributed by atoms with van der Waals surface area (Å²) in [4.78, 5) is 12.2. The van der Waals surface area contributed by atoms with Crippen LogP contribution >= 0.6 is 23.4 Å². The summed E-state index contributed by atoms with van der Waals surface area (Å²) in [5.74, 6) is 1.38. The molecule has 2 aromatic heterocycles. The first-order valence-corrected chi connectivity index (χ1v) is 10.1. The lowest BCUT2D eigenvalue weighted by molar-refractivity contribution is -0.113. The number of carbonyl (C=O) groups is 1. The van der Waals surface area contributed by atoms with Gasteiger partial charge in [0, 0.05) is 22.6 Å². The third-order valence-electron chi connectivity index (χ3n) is 4.12. The summed E-state index contributed by atoms with van der Waals surface area (Å²) in [6.07, 6.45) is 0. The number of para-hydroxylation sites is 1. The molecule has 0 radical (unpaired) electrons. The van der Waals surface area contributed by atoms with E-state index >= 15 is 0 Å². The number of aromatic nitrogens is 3. The summed E-state index contributed by atoms with van der Waals surface area (Å²) in [7, 11) is 0. The summed E-state index contributed by atoms with van der Waals surface area (Å²) in [6, 6.07) is 16.8. The van der Waals surface area contributed by atoms with Crippen molar-refractivity contribution in [3.8, 4) is 11.6 Å². The van der Waals surface area contributed by atoms with Gasteiger partial charge in [0.15, 0.2) is 10.9 Å². The van der Waals surface area contributed by atoms with E-state index < -0.39 is 0 Å². The fraction of sp³-hybridized carbons (Fsp3) is 0.150. The van der Waals surface area contributed by atoms with Crippen molar-refractivity contribution in [1.29, 1.82) is 0 Å². The minimum Gasteiger partial charge on any atom is -0.453 e. The average molecular weight is 413 g/mol. The Balaban J connectivity index is 1.49. The first kappa shape index (κ1) is 18.6. The molecule has 0 aliphatic carbocycles. The zero-order valence-electron chi connectivity index (χ0n) is 15.1. The van der Waals surface area contributed by atoms with Crippen molar-refractivity contribution in [2.24, 2.45) is 0 Å². The van der Waals surface area contributed by atoms with E-state index in [-0.39, 0.29) is 11.7 Å². The number of hydrogen-bond donors (Lipinski definition) is 1. The lowest BCUT2D eigenvalue weighted by Crippen LogP contribution is -2.14. The van der Waals surface area contributed by atoms with Crippen LogP contribution in [0.5, 0.6) is 0 Å². The Hall–Kier alpha value is -2.77. The summed E-state index contributed by atoms with van der Waals surface area (Å²) in [5.41, 5.74) is 1.47. The summed E-state index contributed by atoms with van der Waals surface area (Å²) < 4.78 is 7.84. The molecular weight excluding hydrogens is 396 g/mol. The number of thioether (sulfide) groups is 1. The molecule has 0 saturated heterocycles. The molecule has 0 spiro atoms. The van der Waals surface area contributed by atoms with E-state index in [2.05, 4.69) is 15.5 Å². The summed E-state index contributed by atoms with van der Waals surface area (Å²) in [5, 5.41) is 13.6. The number of halogens is 1.